The van der Waals surface area contributed by atoms with Gasteiger partial charge in [0, 0.05) is 42.3 Å². The molecule has 2 N–H and O–H groups in total. The molecule has 1 aliphatic rings. The Bertz CT molecular complexity index is 1390. The number of hydrogen-bond donors (Lipinski definition) is 2. The number of benzene rings is 2. The average molecular weight is 456 g/mol. The third-order valence-corrected chi connectivity index (χ3v) is 5.56. The van der Waals surface area contributed by atoms with Crippen molar-refractivity contribution in [2.75, 3.05) is 11.9 Å². The Hall–Kier alpha value is -4.46. The van der Waals surface area contributed by atoms with E-state index in [-0.39, 0.29) is 11.5 Å². The number of carbonyl (C=O) groups is 2. The predicted molar refractivity (Wildman–Crippen MR) is 126 cm³/mol. The van der Waals surface area contributed by atoms with Gasteiger partial charge in [-0.25, -0.2) is 9.37 Å². The van der Waals surface area contributed by atoms with E-state index in [2.05, 4.69) is 15.6 Å². The fourth-order valence-corrected chi connectivity index (χ4v) is 3.84. The standard InChI is InChI=1S/C26H21FN4O3/c27-22-14-17(6-8-20(22)25(32)29-10-3-12-31-13-11-28-16-31)24-9-7-18(34-24)15-21-19-4-1-2-5-23(19)30-26(21)33/h1-2,4-9,11,13-16H,3,10,12H2,(H,29,32)(H,30,33)/b21-15+. The van der Waals surface area contributed by atoms with Gasteiger partial charge in [-0.2, -0.15) is 0 Å². The summed E-state index contributed by atoms with van der Waals surface area (Å²) >= 11 is 0. The summed E-state index contributed by atoms with van der Waals surface area (Å²) in [6.45, 7) is 1.14. The van der Waals surface area contributed by atoms with Crippen LogP contribution >= 0.6 is 0 Å². The van der Waals surface area contributed by atoms with Crippen molar-refractivity contribution < 1.29 is 18.4 Å². The number of fused-ring (bicyclic) bond motifs is 1. The fourth-order valence-electron chi connectivity index (χ4n) is 3.84. The van der Waals surface area contributed by atoms with Crippen molar-refractivity contribution in [3.63, 3.8) is 0 Å². The van der Waals surface area contributed by atoms with Crippen LogP contribution in [-0.2, 0) is 11.3 Å². The lowest BCUT2D eigenvalue weighted by molar-refractivity contribution is -0.110. The molecule has 0 fully saturated rings. The van der Waals surface area contributed by atoms with Crippen molar-refractivity contribution in [1.82, 2.24) is 14.9 Å². The molecular weight excluding hydrogens is 435 g/mol. The smallest absolute Gasteiger partial charge is 0.256 e. The fraction of sp³-hybridized carbons (Fsp3) is 0.115. The Morgan fingerprint density at radius 2 is 2.06 bits per heavy atom. The van der Waals surface area contributed by atoms with Crippen LogP contribution in [-0.4, -0.2) is 27.9 Å². The molecule has 34 heavy (non-hydrogen) atoms. The summed E-state index contributed by atoms with van der Waals surface area (Å²) < 4.78 is 22.4. The highest BCUT2D eigenvalue weighted by atomic mass is 19.1. The van der Waals surface area contributed by atoms with E-state index in [0.717, 1.165) is 11.3 Å². The zero-order chi connectivity index (χ0) is 23.5. The molecule has 0 radical (unpaired) electrons. The molecule has 3 heterocycles. The molecular formula is C26H21FN4O3. The Morgan fingerprint density at radius 3 is 2.88 bits per heavy atom. The quantitative estimate of drug-likeness (QED) is 0.314. The Morgan fingerprint density at radius 1 is 1.18 bits per heavy atom. The summed E-state index contributed by atoms with van der Waals surface area (Å²) in [5, 5.41) is 5.55. The highest BCUT2D eigenvalue weighted by Gasteiger charge is 2.24. The van der Waals surface area contributed by atoms with E-state index in [9.17, 15) is 14.0 Å². The van der Waals surface area contributed by atoms with Crippen LogP contribution in [0.2, 0.25) is 0 Å². The maximum atomic E-state index is 14.7. The van der Waals surface area contributed by atoms with Crippen LogP contribution in [0.25, 0.3) is 23.0 Å². The second-order valence-electron chi connectivity index (χ2n) is 7.86. The lowest BCUT2D eigenvalue weighted by Crippen LogP contribution is -2.26. The molecule has 2 aromatic heterocycles. The van der Waals surface area contributed by atoms with Gasteiger partial charge >= 0.3 is 0 Å². The third-order valence-electron chi connectivity index (χ3n) is 5.56. The first-order valence-electron chi connectivity index (χ1n) is 10.8. The number of furan rings is 1. The van der Waals surface area contributed by atoms with Crippen LogP contribution in [0.5, 0.6) is 0 Å². The molecule has 7 nitrogen and oxygen atoms in total. The number of carbonyl (C=O) groups excluding carboxylic acids is 2. The minimum absolute atomic E-state index is 0.0282. The molecule has 1 aliphatic heterocycles. The minimum atomic E-state index is -0.634. The van der Waals surface area contributed by atoms with Crippen LogP contribution in [0, 0.1) is 5.82 Å². The second-order valence-corrected chi connectivity index (χ2v) is 7.86. The molecule has 0 unspecified atom stereocenters. The molecule has 0 saturated heterocycles. The number of nitrogens with zero attached hydrogens (tertiary/aromatic N) is 2. The molecule has 8 heteroatoms. The second kappa shape index (κ2) is 9.19. The number of rotatable bonds is 7. The van der Waals surface area contributed by atoms with Crippen LogP contribution in [0.4, 0.5) is 10.1 Å². The molecule has 0 aliphatic carbocycles. The molecule has 0 bridgehead atoms. The topological polar surface area (TPSA) is 89.2 Å². The largest absolute Gasteiger partial charge is 0.457 e. The van der Waals surface area contributed by atoms with Gasteiger partial charge < -0.3 is 19.6 Å². The van der Waals surface area contributed by atoms with Gasteiger partial charge in [-0.3, -0.25) is 9.59 Å². The third kappa shape index (κ3) is 4.38. The minimum Gasteiger partial charge on any atom is -0.457 e. The van der Waals surface area contributed by atoms with Crippen LogP contribution in [0.3, 0.4) is 0 Å². The summed E-state index contributed by atoms with van der Waals surface area (Å²) in [6, 6.07) is 15.2. The Balaban J connectivity index is 1.26. The van der Waals surface area contributed by atoms with Crippen molar-refractivity contribution in [2.45, 2.75) is 13.0 Å². The van der Waals surface area contributed by atoms with Gasteiger partial charge in [-0.05, 0) is 42.8 Å². The molecule has 2 aromatic carbocycles. The molecule has 0 saturated carbocycles. The van der Waals surface area contributed by atoms with Crippen molar-refractivity contribution in [2.24, 2.45) is 0 Å². The Labute approximate surface area is 194 Å². The number of anilines is 1. The summed E-state index contributed by atoms with van der Waals surface area (Å²) in [7, 11) is 0. The summed E-state index contributed by atoms with van der Waals surface area (Å²) in [6.07, 6.45) is 7.61. The molecule has 170 valence electrons. The monoisotopic (exact) mass is 456 g/mol. The number of amides is 2. The normalized spacial score (nSPS) is 13.7. The first-order chi connectivity index (χ1) is 16.6. The van der Waals surface area contributed by atoms with Crippen LogP contribution < -0.4 is 10.6 Å². The molecule has 5 rings (SSSR count). The van der Waals surface area contributed by atoms with Gasteiger partial charge in [0.05, 0.1) is 17.5 Å². The van der Waals surface area contributed by atoms with Gasteiger partial charge in [0.15, 0.2) is 0 Å². The first kappa shape index (κ1) is 21.4. The van der Waals surface area contributed by atoms with Crippen molar-refractivity contribution in [1.29, 1.82) is 0 Å². The van der Waals surface area contributed by atoms with Gasteiger partial charge in [-0.15, -0.1) is 0 Å². The van der Waals surface area contributed by atoms with E-state index < -0.39 is 11.7 Å². The lowest BCUT2D eigenvalue weighted by Gasteiger charge is -2.07. The van der Waals surface area contributed by atoms with Crippen LogP contribution in [0.1, 0.15) is 28.1 Å². The van der Waals surface area contributed by atoms with E-state index in [4.69, 9.17) is 4.42 Å². The average Bonchev–Trinajstić information content (AvgIpc) is 3.58. The number of para-hydroxylation sites is 1. The number of aromatic nitrogens is 2. The predicted octanol–water partition coefficient (Wildman–Crippen LogP) is 4.60. The first-order valence-corrected chi connectivity index (χ1v) is 10.8. The van der Waals surface area contributed by atoms with Crippen molar-refractivity contribution in [3.8, 4) is 11.3 Å². The summed E-state index contributed by atoms with van der Waals surface area (Å²) in [4.78, 5) is 28.6. The van der Waals surface area contributed by atoms with E-state index in [1.54, 1.807) is 36.8 Å². The maximum absolute atomic E-state index is 14.7. The maximum Gasteiger partial charge on any atom is 0.256 e. The highest BCUT2D eigenvalue weighted by molar-refractivity contribution is 6.34. The summed E-state index contributed by atoms with van der Waals surface area (Å²) in [5.74, 6) is -0.400. The number of imidazole rings is 1. The molecule has 0 spiro atoms. The van der Waals surface area contributed by atoms with Gasteiger partial charge in [-0.1, -0.05) is 24.3 Å². The van der Waals surface area contributed by atoms with E-state index in [0.29, 0.717) is 42.2 Å². The van der Waals surface area contributed by atoms with Crippen molar-refractivity contribution >= 4 is 29.2 Å². The molecule has 2 amide bonds. The lowest BCUT2D eigenvalue weighted by atomic mass is 10.1. The number of nitrogens with one attached hydrogen (secondary N) is 2. The number of hydrogen-bond acceptors (Lipinski definition) is 4. The van der Waals surface area contributed by atoms with Gasteiger partial charge in [0.2, 0.25) is 0 Å². The number of halogens is 1. The van der Waals surface area contributed by atoms with Crippen molar-refractivity contribution in [3.05, 3.63) is 96.0 Å². The van der Waals surface area contributed by atoms with E-state index in [1.165, 1.54) is 12.1 Å². The Kier molecular flexibility index (Phi) is 5.78. The zero-order valence-corrected chi connectivity index (χ0v) is 18.1. The summed E-state index contributed by atoms with van der Waals surface area (Å²) in [5.41, 5.74) is 2.53. The van der Waals surface area contributed by atoms with Gasteiger partial charge in [0.25, 0.3) is 11.8 Å². The molecule has 0 atom stereocenters. The SMILES string of the molecule is O=C1Nc2ccccc2/C1=C\c1ccc(-c2ccc(C(=O)NCCCn3ccnc3)c(F)c2)o1. The molecule has 4 aromatic rings. The van der Waals surface area contributed by atoms with Crippen LogP contribution in [0.15, 0.2) is 77.7 Å². The van der Waals surface area contributed by atoms with E-state index in [1.807, 2.05) is 35.0 Å². The zero-order valence-electron chi connectivity index (χ0n) is 18.1. The van der Waals surface area contributed by atoms with Gasteiger partial charge in [0.1, 0.15) is 17.3 Å². The highest BCUT2D eigenvalue weighted by Crippen LogP contribution is 2.33. The number of aryl methyl sites for hydroxylation is 1. The van der Waals surface area contributed by atoms with E-state index >= 15 is 0 Å².